The lowest BCUT2D eigenvalue weighted by molar-refractivity contribution is -0.166. The predicted octanol–water partition coefficient (Wildman–Crippen LogP) is 3.17. The molecule has 0 aliphatic rings. The van der Waals surface area contributed by atoms with Crippen LogP contribution in [0, 0.1) is 0 Å². The van der Waals surface area contributed by atoms with Crippen LogP contribution in [0.2, 0.25) is 0 Å². The topological polar surface area (TPSA) is 108 Å². The first-order valence-corrected chi connectivity index (χ1v) is 8.37. The van der Waals surface area contributed by atoms with Crippen molar-refractivity contribution in [3.8, 4) is 0 Å². The molecule has 0 bridgehead atoms. The van der Waals surface area contributed by atoms with Crippen LogP contribution in [0.4, 0.5) is 0 Å². The number of hydrogen-bond donors (Lipinski definition) is 2. The van der Waals surface area contributed by atoms with Gasteiger partial charge in [-0.05, 0) is 16.7 Å². The lowest BCUT2D eigenvalue weighted by Crippen LogP contribution is -2.33. The first-order valence-electron chi connectivity index (χ1n) is 8.37. The van der Waals surface area contributed by atoms with Crippen LogP contribution in [0.5, 0.6) is 0 Å². The molecule has 0 unspecified atom stereocenters. The van der Waals surface area contributed by atoms with Gasteiger partial charge in [0.2, 0.25) is 0 Å². The Kier molecular flexibility index (Phi) is 8.62. The molecule has 2 atom stereocenters. The summed E-state index contributed by atoms with van der Waals surface area (Å²) in [6, 6.07) is 18.4. The van der Waals surface area contributed by atoms with Crippen molar-refractivity contribution in [2.75, 3.05) is 6.61 Å². The van der Waals surface area contributed by atoms with Crippen molar-refractivity contribution in [2.45, 2.75) is 38.1 Å². The minimum atomic E-state index is -1.17. The van der Waals surface area contributed by atoms with Crippen LogP contribution in [0.15, 0.2) is 65.8 Å². The van der Waals surface area contributed by atoms with Crippen molar-refractivity contribution >= 4 is 0 Å². The van der Waals surface area contributed by atoms with Crippen molar-refractivity contribution in [3.05, 3.63) is 82.2 Å². The fourth-order valence-corrected chi connectivity index (χ4v) is 2.38. The fourth-order valence-electron chi connectivity index (χ4n) is 2.38. The third-order valence-electron chi connectivity index (χ3n) is 3.82. The molecule has 0 aliphatic heterocycles. The molecule has 0 saturated heterocycles. The molecule has 0 heterocycles. The highest BCUT2D eigenvalue weighted by Crippen LogP contribution is 2.16. The zero-order chi connectivity index (χ0) is 18.6. The maximum atomic E-state index is 9.84. The molecule has 0 aliphatic carbocycles. The van der Waals surface area contributed by atoms with Gasteiger partial charge in [-0.25, -0.2) is 0 Å². The average Bonchev–Trinajstić information content (AvgIpc) is 2.70. The van der Waals surface area contributed by atoms with Crippen molar-refractivity contribution < 1.29 is 19.7 Å². The molecule has 7 nitrogen and oxygen atoms in total. The summed E-state index contributed by atoms with van der Waals surface area (Å²) in [5, 5.41) is 22.5. The summed E-state index contributed by atoms with van der Waals surface area (Å²) in [6.45, 7) is 0.130. The van der Waals surface area contributed by atoms with E-state index in [1.165, 1.54) is 0 Å². The standard InChI is InChI=1S/C19H23N3O4/c20-22-21-17(18(24)12-23)11-19(25-13-15-7-3-1-4-8-15)26-14-16-9-5-2-6-10-16/h1-10,17-19,23-24H,11-14H2/t17-,18+/m0/s1. The van der Waals surface area contributed by atoms with Crippen LogP contribution in [-0.2, 0) is 22.7 Å². The zero-order valence-corrected chi connectivity index (χ0v) is 14.4. The lowest BCUT2D eigenvalue weighted by Gasteiger charge is -2.24. The largest absolute Gasteiger partial charge is 0.394 e. The van der Waals surface area contributed by atoms with Gasteiger partial charge >= 0.3 is 0 Å². The van der Waals surface area contributed by atoms with Gasteiger partial charge in [0.15, 0.2) is 6.29 Å². The van der Waals surface area contributed by atoms with E-state index < -0.39 is 25.0 Å². The number of nitrogens with zero attached hydrogens (tertiary/aromatic N) is 3. The molecule has 2 rings (SSSR count). The Morgan fingerprint density at radius 3 is 1.85 bits per heavy atom. The minimum Gasteiger partial charge on any atom is -0.394 e. The second kappa shape index (κ2) is 11.3. The van der Waals surface area contributed by atoms with Crippen molar-refractivity contribution in [2.24, 2.45) is 5.11 Å². The number of azide groups is 1. The molecule has 26 heavy (non-hydrogen) atoms. The molecule has 0 radical (unpaired) electrons. The molecule has 2 aromatic rings. The minimum absolute atomic E-state index is 0.130. The number of ether oxygens (including phenoxy) is 2. The van der Waals surface area contributed by atoms with Gasteiger partial charge in [0, 0.05) is 11.3 Å². The summed E-state index contributed by atoms with van der Waals surface area (Å²) in [4.78, 5) is 2.74. The van der Waals surface area contributed by atoms with E-state index in [2.05, 4.69) is 10.0 Å². The Balaban J connectivity index is 2.02. The maximum Gasteiger partial charge on any atom is 0.158 e. The highest BCUT2D eigenvalue weighted by molar-refractivity contribution is 5.14. The van der Waals surface area contributed by atoms with Crippen LogP contribution < -0.4 is 0 Å². The highest BCUT2D eigenvalue weighted by atomic mass is 16.7. The van der Waals surface area contributed by atoms with Crippen molar-refractivity contribution in [1.29, 1.82) is 0 Å². The zero-order valence-electron chi connectivity index (χ0n) is 14.4. The summed E-state index contributed by atoms with van der Waals surface area (Å²) in [7, 11) is 0. The Labute approximate surface area is 152 Å². The quantitative estimate of drug-likeness (QED) is 0.279. The molecule has 2 aromatic carbocycles. The van der Waals surface area contributed by atoms with E-state index in [1.54, 1.807) is 0 Å². The number of rotatable bonds is 11. The van der Waals surface area contributed by atoms with Gasteiger partial charge in [-0.15, -0.1) is 0 Å². The molecule has 7 heteroatoms. The smallest absolute Gasteiger partial charge is 0.158 e. The predicted molar refractivity (Wildman–Crippen MR) is 96.9 cm³/mol. The van der Waals surface area contributed by atoms with E-state index in [1.807, 2.05) is 60.7 Å². The van der Waals surface area contributed by atoms with Crippen molar-refractivity contribution in [3.63, 3.8) is 0 Å². The molecular weight excluding hydrogens is 334 g/mol. The number of aliphatic hydroxyl groups excluding tert-OH is 2. The van der Waals surface area contributed by atoms with Gasteiger partial charge in [0.1, 0.15) is 0 Å². The average molecular weight is 357 g/mol. The van der Waals surface area contributed by atoms with Crippen LogP contribution in [0.3, 0.4) is 0 Å². The Hall–Kier alpha value is -2.41. The number of hydrogen-bond acceptors (Lipinski definition) is 5. The molecular formula is C19H23N3O4. The molecule has 0 spiro atoms. The Morgan fingerprint density at radius 2 is 1.42 bits per heavy atom. The van der Waals surface area contributed by atoms with E-state index in [-0.39, 0.29) is 6.42 Å². The van der Waals surface area contributed by atoms with Crippen LogP contribution in [0.25, 0.3) is 10.4 Å². The van der Waals surface area contributed by atoms with Crippen LogP contribution >= 0.6 is 0 Å². The van der Waals surface area contributed by atoms with Crippen LogP contribution in [-0.4, -0.2) is 35.3 Å². The molecule has 0 amide bonds. The van der Waals surface area contributed by atoms with Gasteiger partial charge in [-0.1, -0.05) is 65.8 Å². The van der Waals surface area contributed by atoms with Gasteiger partial charge in [0.25, 0.3) is 0 Å². The van der Waals surface area contributed by atoms with Crippen LogP contribution in [0.1, 0.15) is 17.5 Å². The second-order valence-electron chi connectivity index (χ2n) is 5.78. The number of aliphatic hydroxyl groups is 2. The molecule has 2 N–H and O–H groups in total. The fraction of sp³-hybridized carbons (Fsp3) is 0.368. The van der Waals surface area contributed by atoms with E-state index in [0.29, 0.717) is 13.2 Å². The van der Waals surface area contributed by atoms with Gasteiger partial charge in [0.05, 0.1) is 32.0 Å². The van der Waals surface area contributed by atoms with E-state index in [0.717, 1.165) is 11.1 Å². The van der Waals surface area contributed by atoms with E-state index in [9.17, 15) is 5.11 Å². The normalized spacial score (nSPS) is 13.2. The first-order chi connectivity index (χ1) is 12.7. The summed E-state index contributed by atoms with van der Waals surface area (Å²) in [5.41, 5.74) is 10.6. The van der Waals surface area contributed by atoms with Gasteiger partial charge in [-0.2, -0.15) is 0 Å². The molecule has 138 valence electrons. The molecule has 0 saturated carbocycles. The van der Waals surface area contributed by atoms with Gasteiger partial charge < -0.3 is 19.7 Å². The van der Waals surface area contributed by atoms with Gasteiger partial charge in [-0.3, -0.25) is 0 Å². The van der Waals surface area contributed by atoms with E-state index in [4.69, 9.17) is 20.1 Å². The number of benzene rings is 2. The highest BCUT2D eigenvalue weighted by Gasteiger charge is 2.23. The summed E-state index contributed by atoms with van der Waals surface area (Å²) in [5.74, 6) is 0. The Morgan fingerprint density at radius 1 is 0.923 bits per heavy atom. The SMILES string of the molecule is [N-]=[N+]=N[C@@H](CC(OCc1ccccc1)OCc1ccccc1)[C@H](O)CO. The third-order valence-corrected chi connectivity index (χ3v) is 3.82. The first kappa shape index (κ1) is 19.9. The third kappa shape index (κ3) is 6.84. The summed E-state index contributed by atoms with van der Waals surface area (Å²) < 4.78 is 11.6. The summed E-state index contributed by atoms with van der Waals surface area (Å²) >= 11 is 0. The monoisotopic (exact) mass is 357 g/mol. The molecule has 0 aromatic heterocycles. The van der Waals surface area contributed by atoms with Crippen molar-refractivity contribution in [1.82, 2.24) is 0 Å². The maximum absolute atomic E-state index is 9.84. The Bertz CT molecular complexity index is 634. The summed E-state index contributed by atoms with van der Waals surface area (Å²) in [6.07, 6.45) is -1.74. The lowest BCUT2D eigenvalue weighted by atomic mass is 10.1. The molecule has 0 fully saturated rings. The second-order valence-corrected chi connectivity index (χ2v) is 5.78. The van der Waals surface area contributed by atoms with E-state index >= 15 is 0 Å².